The molecule has 148 valence electrons. The Hall–Kier alpha value is -4.26. The highest BCUT2D eigenvalue weighted by Crippen LogP contribution is 2.22. The van der Waals surface area contributed by atoms with Crippen LogP contribution in [0.5, 0.6) is 0 Å². The third-order valence-electron chi connectivity index (χ3n) is 4.67. The highest BCUT2D eigenvalue weighted by molar-refractivity contribution is 6.02. The van der Waals surface area contributed by atoms with Crippen molar-refractivity contribution in [1.29, 1.82) is 0 Å². The first-order chi connectivity index (χ1) is 14.5. The number of hydrogen-bond donors (Lipinski definition) is 2. The molecule has 3 N–H and O–H groups in total. The normalized spacial score (nSPS) is 10.7. The maximum atomic E-state index is 12.5. The van der Waals surface area contributed by atoms with Gasteiger partial charge in [0.15, 0.2) is 0 Å². The summed E-state index contributed by atoms with van der Waals surface area (Å²) in [6.07, 6.45) is 0. The van der Waals surface area contributed by atoms with E-state index in [-0.39, 0.29) is 17.8 Å². The standard InChI is InChI=1S/C23H18N4O3/c24-23(30)18-7-3-4-8-20(18)25-21(28)14-27-22(29)12-11-19(26-27)17-10-9-15-5-1-2-6-16(15)13-17/h1-13H,14H2,(H2,24,30)(H,25,28). The Kier molecular flexibility index (Phi) is 5.09. The van der Waals surface area contributed by atoms with E-state index in [9.17, 15) is 14.4 Å². The van der Waals surface area contributed by atoms with Crippen LogP contribution in [0.4, 0.5) is 5.69 Å². The molecule has 4 aromatic rings. The average molecular weight is 398 g/mol. The molecule has 0 atom stereocenters. The second-order valence-electron chi connectivity index (χ2n) is 6.73. The number of nitrogens with two attached hydrogens (primary N) is 1. The molecule has 7 heteroatoms. The number of amides is 2. The van der Waals surface area contributed by atoms with Crippen molar-refractivity contribution in [2.24, 2.45) is 5.73 Å². The van der Waals surface area contributed by atoms with Crippen molar-refractivity contribution in [2.45, 2.75) is 6.54 Å². The summed E-state index contributed by atoms with van der Waals surface area (Å²) in [6, 6.07) is 23.2. The van der Waals surface area contributed by atoms with E-state index in [1.165, 1.54) is 12.1 Å². The molecule has 4 rings (SSSR count). The molecule has 0 unspecified atom stereocenters. The minimum atomic E-state index is -0.653. The van der Waals surface area contributed by atoms with Gasteiger partial charge in [-0.2, -0.15) is 5.10 Å². The molecule has 7 nitrogen and oxygen atoms in total. The first-order valence-electron chi connectivity index (χ1n) is 9.27. The number of anilines is 1. The van der Waals surface area contributed by atoms with Crippen molar-refractivity contribution in [1.82, 2.24) is 9.78 Å². The Balaban J connectivity index is 1.60. The van der Waals surface area contributed by atoms with Crippen LogP contribution < -0.4 is 16.6 Å². The van der Waals surface area contributed by atoms with E-state index in [1.807, 2.05) is 42.5 Å². The molecule has 1 aromatic heterocycles. The van der Waals surface area contributed by atoms with Gasteiger partial charge in [0.25, 0.3) is 11.5 Å². The van der Waals surface area contributed by atoms with Crippen molar-refractivity contribution in [3.8, 4) is 11.3 Å². The smallest absolute Gasteiger partial charge is 0.267 e. The molecule has 2 amide bonds. The van der Waals surface area contributed by atoms with E-state index >= 15 is 0 Å². The zero-order chi connectivity index (χ0) is 21.1. The molecule has 1 heterocycles. The molecule has 0 radical (unpaired) electrons. The van der Waals surface area contributed by atoms with Gasteiger partial charge in [-0.3, -0.25) is 14.4 Å². The van der Waals surface area contributed by atoms with Gasteiger partial charge in [-0.25, -0.2) is 4.68 Å². The zero-order valence-electron chi connectivity index (χ0n) is 15.9. The Labute approximate surface area is 171 Å². The number of nitrogens with zero attached hydrogens (tertiary/aromatic N) is 2. The fraction of sp³-hybridized carbons (Fsp3) is 0.0435. The number of fused-ring (bicyclic) bond motifs is 1. The summed E-state index contributed by atoms with van der Waals surface area (Å²) in [5, 5.41) is 9.10. The van der Waals surface area contributed by atoms with Crippen LogP contribution in [0.15, 0.2) is 83.7 Å². The Morgan fingerprint density at radius 2 is 1.63 bits per heavy atom. The van der Waals surface area contributed by atoms with Crippen molar-refractivity contribution in [3.05, 3.63) is 94.8 Å². The van der Waals surface area contributed by atoms with E-state index in [1.54, 1.807) is 24.3 Å². The zero-order valence-corrected chi connectivity index (χ0v) is 15.9. The lowest BCUT2D eigenvalue weighted by molar-refractivity contribution is -0.117. The van der Waals surface area contributed by atoms with Gasteiger partial charge >= 0.3 is 0 Å². The maximum Gasteiger partial charge on any atom is 0.267 e. The molecule has 0 saturated carbocycles. The number of nitrogens with one attached hydrogen (secondary N) is 1. The summed E-state index contributed by atoms with van der Waals surface area (Å²) in [7, 11) is 0. The lowest BCUT2D eigenvalue weighted by Gasteiger charge is -2.10. The second-order valence-corrected chi connectivity index (χ2v) is 6.73. The van der Waals surface area contributed by atoms with Gasteiger partial charge in [0.05, 0.1) is 16.9 Å². The molecule has 0 aliphatic rings. The number of carbonyl (C=O) groups excluding carboxylic acids is 2. The molecular formula is C23H18N4O3. The Morgan fingerprint density at radius 3 is 2.43 bits per heavy atom. The molecule has 30 heavy (non-hydrogen) atoms. The fourth-order valence-electron chi connectivity index (χ4n) is 3.20. The van der Waals surface area contributed by atoms with Gasteiger partial charge < -0.3 is 11.1 Å². The molecule has 0 saturated heterocycles. The van der Waals surface area contributed by atoms with Crippen molar-refractivity contribution < 1.29 is 9.59 Å². The van der Waals surface area contributed by atoms with Crippen LogP contribution >= 0.6 is 0 Å². The highest BCUT2D eigenvalue weighted by atomic mass is 16.2. The van der Waals surface area contributed by atoms with E-state index < -0.39 is 17.4 Å². The highest BCUT2D eigenvalue weighted by Gasteiger charge is 2.12. The average Bonchev–Trinajstić information content (AvgIpc) is 2.75. The minimum absolute atomic E-state index is 0.191. The predicted octanol–water partition coefficient (Wildman–Crippen LogP) is 2.80. The molecule has 0 spiro atoms. The third-order valence-corrected chi connectivity index (χ3v) is 4.67. The summed E-state index contributed by atoms with van der Waals surface area (Å²) >= 11 is 0. The first-order valence-corrected chi connectivity index (χ1v) is 9.27. The molecule has 0 aliphatic carbocycles. The lowest BCUT2D eigenvalue weighted by atomic mass is 10.1. The summed E-state index contributed by atoms with van der Waals surface area (Å²) < 4.78 is 1.09. The molecule has 0 bridgehead atoms. The molecule has 3 aromatic carbocycles. The predicted molar refractivity (Wildman–Crippen MR) is 115 cm³/mol. The van der Waals surface area contributed by atoms with Gasteiger partial charge in [-0.15, -0.1) is 0 Å². The Bertz CT molecular complexity index is 1330. The molecule has 0 aliphatic heterocycles. The van der Waals surface area contributed by atoms with Gasteiger partial charge in [-0.05, 0) is 35.0 Å². The maximum absolute atomic E-state index is 12.5. The number of benzene rings is 3. The van der Waals surface area contributed by atoms with Crippen molar-refractivity contribution >= 4 is 28.3 Å². The first kappa shape index (κ1) is 19.1. The van der Waals surface area contributed by atoms with Crippen LogP contribution in [-0.4, -0.2) is 21.6 Å². The lowest BCUT2D eigenvalue weighted by Crippen LogP contribution is -2.30. The molecular weight excluding hydrogens is 380 g/mol. The van der Waals surface area contributed by atoms with E-state index in [4.69, 9.17) is 5.73 Å². The van der Waals surface area contributed by atoms with Gasteiger partial charge in [0.2, 0.25) is 5.91 Å². The summed E-state index contributed by atoms with van der Waals surface area (Å²) in [4.78, 5) is 36.2. The van der Waals surface area contributed by atoms with Crippen LogP contribution in [0.2, 0.25) is 0 Å². The van der Waals surface area contributed by atoms with Gasteiger partial charge in [-0.1, -0.05) is 48.5 Å². The number of aromatic nitrogens is 2. The van der Waals surface area contributed by atoms with E-state index in [2.05, 4.69) is 10.4 Å². The van der Waals surface area contributed by atoms with Crippen LogP contribution in [-0.2, 0) is 11.3 Å². The largest absolute Gasteiger partial charge is 0.366 e. The van der Waals surface area contributed by atoms with Crippen LogP contribution in [0.3, 0.4) is 0 Å². The quantitative estimate of drug-likeness (QED) is 0.539. The van der Waals surface area contributed by atoms with Gasteiger partial charge in [0.1, 0.15) is 6.54 Å². The van der Waals surface area contributed by atoms with Crippen LogP contribution in [0, 0.1) is 0 Å². The number of rotatable bonds is 5. The monoisotopic (exact) mass is 398 g/mol. The van der Waals surface area contributed by atoms with Crippen LogP contribution in [0.25, 0.3) is 22.0 Å². The van der Waals surface area contributed by atoms with Crippen LogP contribution in [0.1, 0.15) is 10.4 Å². The fourth-order valence-corrected chi connectivity index (χ4v) is 3.20. The third kappa shape index (κ3) is 3.95. The van der Waals surface area contributed by atoms with E-state index in [0.29, 0.717) is 5.69 Å². The van der Waals surface area contributed by atoms with E-state index in [0.717, 1.165) is 21.0 Å². The number of para-hydroxylation sites is 1. The SMILES string of the molecule is NC(=O)c1ccccc1NC(=O)Cn1nc(-c2ccc3ccccc3c2)ccc1=O. The summed E-state index contributed by atoms with van der Waals surface area (Å²) in [6.45, 7) is -0.298. The van der Waals surface area contributed by atoms with Crippen molar-refractivity contribution in [2.75, 3.05) is 5.32 Å². The number of hydrogen-bond acceptors (Lipinski definition) is 4. The summed E-state index contributed by atoms with van der Waals surface area (Å²) in [5.74, 6) is -1.14. The second kappa shape index (κ2) is 8.00. The summed E-state index contributed by atoms with van der Waals surface area (Å²) in [5.41, 5.74) is 6.81. The topological polar surface area (TPSA) is 107 Å². The number of carbonyl (C=O) groups is 2. The number of primary amides is 1. The van der Waals surface area contributed by atoms with Crippen molar-refractivity contribution in [3.63, 3.8) is 0 Å². The van der Waals surface area contributed by atoms with Gasteiger partial charge in [0, 0.05) is 11.6 Å². The molecule has 0 fully saturated rings. The Morgan fingerprint density at radius 1 is 0.900 bits per heavy atom. The minimum Gasteiger partial charge on any atom is -0.366 e.